The highest BCUT2D eigenvalue weighted by Gasteiger charge is 2.66. The molecule has 0 spiro atoms. The van der Waals surface area contributed by atoms with Crippen molar-refractivity contribution < 1.29 is 17.6 Å². The topological polar surface area (TPSA) is 238 Å². The Kier molecular flexibility index (Phi) is 9.98. The summed E-state index contributed by atoms with van der Waals surface area (Å²) in [4.78, 5) is 0. The SMILES string of the molecule is N#CC(C#N)=C1C2CC(C3CC4C(=C(C#N)C#N)C(F)(F)C(=C(C#N)C#N)C4S3)SC2C2SC(C3CC4C(=C(C#N)C#N)C(F)(F)C(=C(C#N)C#N)C4S3)CC12. The number of hydrogen-bond donors (Lipinski definition) is 0. The van der Waals surface area contributed by atoms with Gasteiger partial charge in [-0.05, 0) is 43.1 Å². The van der Waals surface area contributed by atoms with E-state index in [2.05, 4.69) is 0 Å². The second-order valence-corrected chi connectivity index (χ2v) is 19.7. The summed E-state index contributed by atoms with van der Waals surface area (Å²) in [7, 11) is 0. The van der Waals surface area contributed by atoms with Crippen molar-refractivity contribution in [3.63, 3.8) is 0 Å². The van der Waals surface area contributed by atoms with Crippen LogP contribution in [0.25, 0.3) is 0 Å². The molecule has 3 aliphatic carbocycles. The summed E-state index contributed by atoms with van der Waals surface area (Å²) in [5.74, 6) is -10.0. The number of rotatable bonds is 2. The van der Waals surface area contributed by atoms with E-state index in [1.165, 1.54) is 23.5 Å². The lowest BCUT2D eigenvalue weighted by molar-refractivity contribution is 0.0877. The van der Waals surface area contributed by atoms with Crippen LogP contribution in [0.1, 0.15) is 25.7 Å². The van der Waals surface area contributed by atoms with E-state index in [1.54, 1.807) is 72.1 Å². The van der Waals surface area contributed by atoms with Crippen LogP contribution >= 0.6 is 47.0 Å². The molecule has 12 unspecified atom stereocenters. The van der Waals surface area contributed by atoms with E-state index in [0.29, 0.717) is 18.4 Å². The quantitative estimate of drug-likeness (QED) is 0.202. The first-order valence-corrected chi connectivity index (χ1v) is 20.7. The fraction of sp³-hybridized carbons (Fsp3) is 0.474. The number of alkyl halides is 4. The van der Waals surface area contributed by atoms with E-state index in [0.717, 1.165) is 0 Å². The van der Waals surface area contributed by atoms with Crippen LogP contribution in [0.15, 0.2) is 55.7 Å². The zero-order chi connectivity index (χ0) is 40.4. The lowest BCUT2D eigenvalue weighted by Crippen LogP contribution is -2.25. The Hall–Kier alpha value is -5.28. The van der Waals surface area contributed by atoms with E-state index in [4.69, 9.17) is 0 Å². The number of fused-ring (bicyclic) bond motifs is 5. The number of nitriles is 10. The zero-order valence-corrected chi connectivity index (χ0v) is 31.6. The summed E-state index contributed by atoms with van der Waals surface area (Å²) in [6, 6.07) is 16.6. The standard InChI is InChI=1S/C38H20F4N10S4/c39-37(40)29(16(7-45)8-46)22-3-26(53-33(22)31(37)18(11-49)12-50)24-1-20-28(15(5-43)6-44)21-2-25(56-36(21)35(20)55-24)27-4-23-30(17(9-47)10-48)38(41,42)32(34(23)54-27)19(13-51)14-52/h20-27,33-36H,1-4H2. The van der Waals surface area contributed by atoms with Gasteiger partial charge in [0.25, 0.3) is 11.8 Å². The van der Waals surface area contributed by atoms with Gasteiger partial charge in [-0.2, -0.15) is 93.7 Å². The van der Waals surface area contributed by atoms with Crippen molar-refractivity contribution in [2.75, 3.05) is 0 Å². The first-order chi connectivity index (χ1) is 26.8. The number of hydrogen-bond acceptors (Lipinski definition) is 14. The van der Waals surface area contributed by atoms with Crippen LogP contribution in [0.4, 0.5) is 17.6 Å². The van der Waals surface area contributed by atoms with Crippen LogP contribution in [0.5, 0.6) is 0 Å². The number of halogens is 4. The van der Waals surface area contributed by atoms with Crippen LogP contribution in [0.3, 0.4) is 0 Å². The fourth-order valence-electron chi connectivity index (χ4n) is 9.93. The molecule has 4 aliphatic heterocycles. The third-order valence-electron chi connectivity index (χ3n) is 11.9. The van der Waals surface area contributed by atoms with Gasteiger partial charge in [-0.25, -0.2) is 0 Å². The average Bonchev–Trinajstić information content (AvgIpc) is 4.04. The molecule has 7 aliphatic rings. The minimum absolute atomic E-state index is 0.0206. The van der Waals surface area contributed by atoms with Gasteiger partial charge in [-0.15, -0.1) is 23.5 Å². The summed E-state index contributed by atoms with van der Waals surface area (Å²) in [6.45, 7) is 0. The second-order valence-electron chi connectivity index (χ2n) is 14.1. The molecule has 0 radical (unpaired) electrons. The zero-order valence-electron chi connectivity index (χ0n) is 28.4. The van der Waals surface area contributed by atoms with Crippen LogP contribution < -0.4 is 0 Å². The van der Waals surface area contributed by atoms with Crippen molar-refractivity contribution in [3.05, 3.63) is 55.7 Å². The van der Waals surface area contributed by atoms with Gasteiger partial charge < -0.3 is 0 Å². The first kappa shape index (κ1) is 39.0. The van der Waals surface area contributed by atoms with Crippen molar-refractivity contribution in [2.45, 2.75) is 79.5 Å². The van der Waals surface area contributed by atoms with E-state index < -0.39 is 78.8 Å². The molecule has 0 aromatic carbocycles. The Bertz CT molecular complexity index is 2120. The maximum atomic E-state index is 15.9. The Morgan fingerprint density at radius 3 is 0.964 bits per heavy atom. The number of nitrogens with zero attached hydrogens (tertiary/aromatic N) is 10. The lowest BCUT2D eigenvalue weighted by atomic mass is 9.85. The summed E-state index contributed by atoms with van der Waals surface area (Å²) in [5, 5.41) is 93.7. The van der Waals surface area contributed by atoms with Crippen LogP contribution in [-0.4, -0.2) is 53.8 Å². The van der Waals surface area contributed by atoms with Crippen molar-refractivity contribution in [2.24, 2.45) is 23.7 Å². The summed E-state index contributed by atoms with van der Waals surface area (Å²) >= 11 is 5.61. The largest absolute Gasteiger partial charge is 0.296 e. The van der Waals surface area contributed by atoms with Gasteiger partial charge in [0, 0.05) is 76.1 Å². The van der Waals surface area contributed by atoms with Gasteiger partial charge in [-0.1, -0.05) is 0 Å². The Morgan fingerprint density at radius 1 is 0.393 bits per heavy atom. The van der Waals surface area contributed by atoms with Gasteiger partial charge >= 0.3 is 0 Å². The Labute approximate surface area is 335 Å². The van der Waals surface area contributed by atoms with Crippen molar-refractivity contribution >= 4 is 47.0 Å². The molecule has 0 bridgehead atoms. The predicted octanol–water partition coefficient (Wildman–Crippen LogP) is 6.98. The lowest BCUT2D eigenvalue weighted by Gasteiger charge is -2.24. The molecule has 0 aromatic heterocycles. The third kappa shape index (κ3) is 5.45. The normalized spacial score (nSPS) is 35.9. The maximum absolute atomic E-state index is 15.9. The monoisotopic (exact) mass is 820 g/mol. The van der Waals surface area contributed by atoms with Crippen LogP contribution in [0.2, 0.25) is 0 Å². The second kappa shape index (κ2) is 14.3. The van der Waals surface area contributed by atoms with Gasteiger partial charge in [0.1, 0.15) is 88.6 Å². The molecule has 0 aromatic rings. The summed E-state index contributed by atoms with van der Waals surface area (Å²) in [6.07, 6.45) is 1.29. The van der Waals surface area contributed by atoms with Crippen molar-refractivity contribution in [3.8, 4) is 60.7 Å². The Balaban J connectivity index is 1.19. The Morgan fingerprint density at radius 2 is 0.661 bits per heavy atom. The van der Waals surface area contributed by atoms with Gasteiger partial charge in [0.15, 0.2) is 0 Å². The van der Waals surface area contributed by atoms with Gasteiger partial charge in [0.2, 0.25) is 0 Å². The van der Waals surface area contributed by atoms with Crippen LogP contribution in [-0.2, 0) is 0 Å². The molecule has 10 nitrogen and oxygen atoms in total. The van der Waals surface area contributed by atoms with E-state index in [1.807, 2.05) is 12.1 Å². The molecule has 4 saturated heterocycles. The van der Waals surface area contributed by atoms with E-state index >= 15 is 17.6 Å². The molecule has 18 heteroatoms. The van der Waals surface area contributed by atoms with Gasteiger partial charge in [-0.3, -0.25) is 0 Å². The predicted molar refractivity (Wildman–Crippen MR) is 194 cm³/mol. The van der Waals surface area contributed by atoms with Crippen LogP contribution in [0, 0.1) is 137 Å². The third-order valence-corrected chi connectivity index (χ3v) is 19.5. The number of thioether (sulfide) groups is 4. The highest BCUT2D eigenvalue weighted by molar-refractivity contribution is 8.07. The highest BCUT2D eigenvalue weighted by atomic mass is 32.2. The molecule has 4 heterocycles. The first-order valence-electron chi connectivity index (χ1n) is 17.0. The van der Waals surface area contributed by atoms with Crippen molar-refractivity contribution in [1.82, 2.24) is 0 Å². The molecule has 274 valence electrons. The minimum atomic E-state index is -3.84. The molecule has 56 heavy (non-hydrogen) atoms. The molecule has 12 atom stereocenters. The smallest absolute Gasteiger partial charge is 0.196 e. The number of allylic oxidation sites excluding steroid dienone is 8. The molecule has 0 amide bonds. The fourth-order valence-corrected chi connectivity index (χ4v) is 18.3. The van der Waals surface area contributed by atoms with Crippen molar-refractivity contribution in [1.29, 1.82) is 52.6 Å². The minimum Gasteiger partial charge on any atom is -0.196 e. The van der Waals surface area contributed by atoms with E-state index in [9.17, 15) is 52.6 Å². The van der Waals surface area contributed by atoms with Gasteiger partial charge in [0.05, 0.1) is 0 Å². The van der Waals surface area contributed by atoms with E-state index in [-0.39, 0.29) is 61.8 Å². The maximum Gasteiger partial charge on any atom is 0.296 e. The molecule has 7 rings (SSSR count). The highest BCUT2D eigenvalue weighted by Crippen LogP contribution is 2.69. The average molecular weight is 821 g/mol. The molecule has 3 saturated carbocycles. The molecular weight excluding hydrogens is 801 g/mol. The molecule has 0 N–H and O–H groups in total. The molecule has 7 fully saturated rings. The molecular formula is C38H20F4N10S4. The summed E-state index contributed by atoms with van der Waals surface area (Å²) in [5.41, 5.74) is -5.12. The summed E-state index contributed by atoms with van der Waals surface area (Å²) < 4.78 is 63.5.